The molecule has 0 aliphatic heterocycles. The van der Waals surface area contributed by atoms with Gasteiger partial charge in [0, 0.05) is 21.9 Å². The second-order valence-electron chi connectivity index (χ2n) is 4.28. The normalized spacial score (nSPS) is 12.4. The summed E-state index contributed by atoms with van der Waals surface area (Å²) in [6.45, 7) is 5.96. The number of rotatable bonds is 3. The molecule has 0 saturated heterocycles. The van der Waals surface area contributed by atoms with E-state index in [4.69, 9.17) is 0 Å². The summed E-state index contributed by atoms with van der Waals surface area (Å²) in [4.78, 5) is 5.41. The maximum Gasteiger partial charge on any atom is 0.0708 e. The standard InChI is InChI=1S/C15H17NOS/c1-4-18(17)13-9-8-11(2)14(10-13)15-7-5-6-12(3)16-15/h5-10H,4H2,1-3H3. The minimum Gasteiger partial charge on any atom is -0.254 e. The van der Waals surface area contributed by atoms with Crippen molar-refractivity contribution in [2.24, 2.45) is 0 Å². The van der Waals surface area contributed by atoms with Gasteiger partial charge in [0.1, 0.15) is 0 Å². The predicted octanol–water partition coefficient (Wildman–Crippen LogP) is 3.49. The number of pyridine rings is 1. The number of hydrogen-bond acceptors (Lipinski definition) is 2. The van der Waals surface area contributed by atoms with Crippen molar-refractivity contribution in [3.63, 3.8) is 0 Å². The quantitative estimate of drug-likeness (QED) is 0.844. The van der Waals surface area contributed by atoms with Gasteiger partial charge in [-0.1, -0.05) is 19.1 Å². The van der Waals surface area contributed by atoms with Gasteiger partial charge in [0.25, 0.3) is 0 Å². The summed E-state index contributed by atoms with van der Waals surface area (Å²) in [5, 5.41) is 0. The first-order chi connectivity index (χ1) is 8.61. The largest absolute Gasteiger partial charge is 0.254 e. The van der Waals surface area contributed by atoms with Crippen LogP contribution in [-0.2, 0) is 10.8 Å². The van der Waals surface area contributed by atoms with Crippen molar-refractivity contribution in [2.45, 2.75) is 25.7 Å². The molecule has 1 atom stereocenters. The Balaban J connectivity index is 2.53. The molecule has 1 heterocycles. The van der Waals surface area contributed by atoms with Gasteiger partial charge in [-0.3, -0.25) is 9.19 Å². The van der Waals surface area contributed by atoms with Crippen LogP contribution < -0.4 is 0 Å². The lowest BCUT2D eigenvalue weighted by atomic mass is 10.1. The molecule has 0 saturated carbocycles. The first kappa shape index (κ1) is 13.0. The number of hydrogen-bond donors (Lipinski definition) is 0. The smallest absolute Gasteiger partial charge is 0.0708 e. The molecule has 0 N–H and O–H groups in total. The van der Waals surface area contributed by atoms with E-state index in [9.17, 15) is 4.21 Å². The summed E-state index contributed by atoms with van der Waals surface area (Å²) in [5.41, 5.74) is 4.17. The topological polar surface area (TPSA) is 30.0 Å². The second kappa shape index (κ2) is 5.44. The van der Waals surface area contributed by atoms with E-state index >= 15 is 0 Å². The summed E-state index contributed by atoms with van der Waals surface area (Å²) < 4.78 is 11.9. The van der Waals surface area contributed by atoms with Gasteiger partial charge in [0.05, 0.1) is 16.5 Å². The van der Waals surface area contributed by atoms with Crippen LogP contribution in [-0.4, -0.2) is 14.9 Å². The molecule has 0 fully saturated rings. The Kier molecular flexibility index (Phi) is 3.92. The van der Waals surface area contributed by atoms with Gasteiger partial charge in [-0.15, -0.1) is 0 Å². The molecule has 0 amide bonds. The summed E-state index contributed by atoms with van der Waals surface area (Å²) in [6, 6.07) is 11.9. The minimum absolute atomic E-state index is 0.643. The summed E-state index contributed by atoms with van der Waals surface area (Å²) in [6.07, 6.45) is 0. The highest BCUT2D eigenvalue weighted by atomic mass is 32.2. The fourth-order valence-corrected chi connectivity index (χ4v) is 2.68. The SMILES string of the molecule is CCS(=O)c1ccc(C)c(-c2cccc(C)n2)c1. The number of aryl methyl sites for hydroxylation is 2. The number of benzene rings is 1. The first-order valence-electron chi connectivity index (χ1n) is 6.05. The zero-order valence-electron chi connectivity index (χ0n) is 10.9. The van der Waals surface area contributed by atoms with Crippen molar-refractivity contribution in [3.8, 4) is 11.3 Å². The van der Waals surface area contributed by atoms with Gasteiger partial charge in [0.2, 0.25) is 0 Å². The zero-order chi connectivity index (χ0) is 13.1. The Morgan fingerprint density at radius 1 is 1.17 bits per heavy atom. The fourth-order valence-electron chi connectivity index (χ4n) is 1.88. The van der Waals surface area contributed by atoms with Crippen LogP contribution in [0.15, 0.2) is 41.3 Å². The molecule has 0 bridgehead atoms. The molecule has 2 rings (SSSR count). The van der Waals surface area contributed by atoms with E-state index in [0.29, 0.717) is 5.75 Å². The van der Waals surface area contributed by atoms with Gasteiger partial charge in [-0.25, -0.2) is 0 Å². The lowest BCUT2D eigenvalue weighted by molar-refractivity contribution is 0.684. The number of aromatic nitrogens is 1. The summed E-state index contributed by atoms with van der Waals surface area (Å²) in [5.74, 6) is 0.643. The summed E-state index contributed by atoms with van der Waals surface area (Å²) >= 11 is 0. The van der Waals surface area contributed by atoms with E-state index in [2.05, 4.69) is 11.9 Å². The highest BCUT2D eigenvalue weighted by molar-refractivity contribution is 7.85. The molecule has 0 radical (unpaired) electrons. The Hall–Kier alpha value is -1.48. The van der Waals surface area contributed by atoms with E-state index in [1.54, 1.807) is 0 Å². The third-order valence-electron chi connectivity index (χ3n) is 2.90. The van der Waals surface area contributed by atoms with Crippen LogP contribution >= 0.6 is 0 Å². The highest BCUT2D eigenvalue weighted by Gasteiger charge is 2.08. The van der Waals surface area contributed by atoms with Crippen LogP contribution in [0.5, 0.6) is 0 Å². The molecule has 1 aromatic heterocycles. The van der Waals surface area contributed by atoms with Crippen molar-refractivity contribution in [2.75, 3.05) is 5.75 Å². The van der Waals surface area contributed by atoms with Gasteiger partial charge < -0.3 is 0 Å². The van der Waals surface area contributed by atoms with Crippen LogP contribution in [0.1, 0.15) is 18.2 Å². The maximum atomic E-state index is 11.9. The zero-order valence-corrected chi connectivity index (χ0v) is 11.8. The lowest BCUT2D eigenvalue weighted by Crippen LogP contribution is -1.96. The maximum absolute atomic E-state index is 11.9. The molecule has 3 heteroatoms. The van der Waals surface area contributed by atoms with Crippen LogP contribution in [0, 0.1) is 13.8 Å². The van der Waals surface area contributed by atoms with E-state index in [1.807, 2.05) is 50.2 Å². The minimum atomic E-state index is -0.916. The third kappa shape index (κ3) is 2.67. The molecule has 1 aromatic carbocycles. The molecule has 1 unspecified atom stereocenters. The molecule has 0 spiro atoms. The average molecular weight is 259 g/mol. The van der Waals surface area contributed by atoms with Gasteiger partial charge in [-0.05, 0) is 43.7 Å². The van der Waals surface area contributed by atoms with E-state index < -0.39 is 10.8 Å². The molecule has 94 valence electrons. The first-order valence-corrected chi connectivity index (χ1v) is 7.36. The van der Waals surface area contributed by atoms with Crippen LogP contribution in [0.3, 0.4) is 0 Å². The van der Waals surface area contributed by atoms with Crippen LogP contribution in [0.2, 0.25) is 0 Å². The van der Waals surface area contributed by atoms with Gasteiger partial charge >= 0.3 is 0 Å². The van der Waals surface area contributed by atoms with Crippen molar-refractivity contribution in [1.29, 1.82) is 0 Å². The van der Waals surface area contributed by atoms with Crippen molar-refractivity contribution in [3.05, 3.63) is 47.7 Å². The van der Waals surface area contributed by atoms with Crippen molar-refractivity contribution >= 4 is 10.8 Å². The average Bonchev–Trinajstić information content (AvgIpc) is 2.38. The van der Waals surface area contributed by atoms with Gasteiger partial charge in [-0.2, -0.15) is 0 Å². The Labute approximate surface area is 111 Å². The second-order valence-corrected chi connectivity index (χ2v) is 6.01. The molecular formula is C15H17NOS. The molecular weight excluding hydrogens is 242 g/mol. The Morgan fingerprint density at radius 2 is 1.94 bits per heavy atom. The fraction of sp³-hybridized carbons (Fsp3) is 0.267. The van der Waals surface area contributed by atoms with Crippen LogP contribution in [0.4, 0.5) is 0 Å². The number of nitrogens with zero attached hydrogens (tertiary/aromatic N) is 1. The monoisotopic (exact) mass is 259 g/mol. The van der Waals surface area contributed by atoms with Crippen molar-refractivity contribution in [1.82, 2.24) is 4.98 Å². The highest BCUT2D eigenvalue weighted by Crippen LogP contribution is 2.24. The van der Waals surface area contributed by atoms with E-state index in [1.165, 1.54) is 0 Å². The Morgan fingerprint density at radius 3 is 2.61 bits per heavy atom. The molecule has 0 aliphatic rings. The van der Waals surface area contributed by atoms with Crippen LogP contribution in [0.25, 0.3) is 11.3 Å². The summed E-state index contributed by atoms with van der Waals surface area (Å²) in [7, 11) is -0.916. The molecule has 2 aromatic rings. The predicted molar refractivity (Wildman–Crippen MR) is 76.1 cm³/mol. The molecule has 18 heavy (non-hydrogen) atoms. The van der Waals surface area contributed by atoms with E-state index in [-0.39, 0.29) is 0 Å². The lowest BCUT2D eigenvalue weighted by Gasteiger charge is -2.08. The van der Waals surface area contributed by atoms with Gasteiger partial charge in [0.15, 0.2) is 0 Å². The molecule has 2 nitrogen and oxygen atoms in total. The van der Waals surface area contributed by atoms with E-state index in [0.717, 1.165) is 27.4 Å². The Bertz CT molecular complexity index is 593. The molecule has 0 aliphatic carbocycles. The van der Waals surface area contributed by atoms with Crippen molar-refractivity contribution < 1.29 is 4.21 Å². The third-order valence-corrected chi connectivity index (χ3v) is 4.20.